The number of amides is 1. The van der Waals surface area contributed by atoms with Gasteiger partial charge < -0.3 is 15.1 Å². The quantitative estimate of drug-likeness (QED) is 0.772. The number of carbonyl (C=O) groups is 1. The van der Waals surface area contributed by atoms with Crippen molar-refractivity contribution in [1.29, 1.82) is 0 Å². The molecular formula is C24H34N6O. The third kappa shape index (κ3) is 5.53. The van der Waals surface area contributed by atoms with Crippen LogP contribution < -0.4 is 10.2 Å². The van der Waals surface area contributed by atoms with Crippen molar-refractivity contribution in [1.82, 2.24) is 19.8 Å². The number of nitrogens with one attached hydrogen (secondary N) is 1. The molecule has 4 rings (SSSR count). The molecule has 0 bridgehead atoms. The zero-order valence-corrected chi connectivity index (χ0v) is 18.7. The second kappa shape index (κ2) is 10.1. The van der Waals surface area contributed by atoms with Gasteiger partial charge in [0.15, 0.2) is 0 Å². The fraction of sp³-hybridized carbons (Fsp3) is 0.542. The summed E-state index contributed by atoms with van der Waals surface area (Å²) in [5.74, 6) is 2.38. The van der Waals surface area contributed by atoms with E-state index in [0.29, 0.717) is 17.3 Å². The van der Waals surface area contributed by atoms with Gasteiger partial charge in [-0.3, -0.25) is 9.69 Å². The Kier molecular flexibility index (Phi) is 7.02. The second-order valence-electron chi connectivity index (χ2n) is 8.93. The Hall–Kier alpha value is -2.67. The Bertz CT molecular complexity index is 850. The van der Waals surface area contributed by atoms with Crippen LogP contribution in [0.1, 0.15) is 37.0 Å². The zero-order chi connectivity index (χ0) is 21.6. The van der Waals surface area contributed by atoms with Gasteiger partial charge in [-0.25, -0.2) is 9.97 Å². The van der Waals surface area contributed by atoms with Crippen molar-refractivity contribution >= 4 is 17.5 Å². The standard InChI is InChI=1S/C24H34N6O/c1-19(2)27-23-21(8-5-11-26-23)24(31)30-12-6-7-20(18-30)17-28-13-15-29(16-14-28)22-9-3-4-10-25-22/h3-5,8-11,19-20H,6-7,12-18H2,1-2H3,(H,26,27). The van der Waals surface area contributed by atoms with E-state index in [1.54, 1.807) is 6.20 Å². The van der Waals surface area contributed by atoms with Gasteiger partial charge in [0.25, 0.3) is 5.91 Å². The fourth-order valence-electron chi connectivity index (χ4n) is 4.60. The fourth-order valence-corrected chi connectivity index (χ4v) is 4.60. The van der Waals surface area contributed by atoms with Gasteiger partial charge in [-0.2, -0.15) is 0 Å². The Balaban J connectivity index is 1.32. The van der Waals surface area contributed by atoms with E-state index >= 15 is 0 Å². The van der Waals surface area contributed by atoms with E-state index in [4.69, 9.17) is 0 Å². The van der Waals surface area contributed by atoms with Crippen LogP contribution in [-0.4, -0.2) is 77.5 Å². The van der Waals surface area contributed by atoms with Gasteiger partial charge in [-0.05, 0) is 56.9 Å². The summed E-state index contributed by atoms with van der Waals surface area (Å²) in [5, 5.41) is 3.31. The third-order valence-corrected chi connectivity index (χ3v) is 6.13. The van der Waals surface area contributed by atoms with E-state index in [0.717, 1.165) is 58.1 Å². The molecule has 2 aromatic rings. The SMILES string of the molecule is CC(C)Nc1ncccc1C(=O)N1CCCC(CN2CCN(c3ccccn3)CC2)C1. The monoisotopic (exact) mass is 422 g/mol. The number of hydrogen-bond acceptors (Lipinski definition) is 6. The first-order valence-corrected chi connectivity index (χ1v) is 11.5. The number of anilines is 2. The summed E-state index contributed by atoms with van der Waals surface area (Å²) in [6, 6.07) is 10.1. The molecule has 2 aromatic heterocycles. The molecule has 1 N–H and O–H groups in total. The number of hydrogen-bond donors (Lipinski definition) is 1. The molecule has 166 valence electrons. The average Bonchev–Trinajstić information content (AvgIpc) is 2.80. The van der Waals surface area contributed by atoms with Crippen molar-refractivity contribution in [3.8, 4) is 0 Å². The second-order valence-corrected chi connectivity index (χ2v) is 8.93. The summed E-state index contributed by atoms with van der Waals surface area (Å²) >= 11 is 0. The maximum atomic E-state index is 13.3. The van der Waals surface area contributed by atoms with Crippen molar-refractivity contribution in [3.63, 3.8) is 0 Å². The Morgan fingerprint density at radius 3 is 2.61 bits per heavy atom. The smallest absolute Gasteiger partial charge is 0.257 e. The Morgan fingerprint density at radius 2 is 1.87 bits per heavy atom. The van der Waals surface area contributed by atoms with E-state index < -0.39 is 0 Å². The normalized spacial score (nSPS) is 20.2. The number of carbonyl (C=O) groups excluding carboxylic acids is 1. The molecule has 0 saturated carbocycles. The molecule has 7 heteroatoms. The predicted octanol–water partition coefficient (Wildman–Crippen LogP) is 2.97. The van der Waals surface area contributed by atoms with Crippen molar-refractivity contribution in [2.45, 2.75) is 32.7 Å². The number of rotatable bonds is 6. The van der Waals surface area contributed by atoms with Crippen molar-refractivity contribution in [2.75, 3.05) is 56.0 Å². The van der Waals surface area contributed by atoms with Gasteiger partial charge in [-0.15, -0.1) is 0 Å². The average molecular weight is 423 g/mol. The molecule has 2 aliphatic heterocycles. The summed E-state index contributed by atoms with van der Waals surface area (Å²) in [5.41, 5.74) is 0.681. The van der Waals surface area contributed by atoms with Crippen LogP contribution in [0.4, 0.5) is 11.6 Å². The highest BCUT2D eigenvalue weighted by Gasteiger charge is 2.28. The van der Waals surface area contributed by atoms with E-state index in [-0.39, 0.29) is 11.9 Å². The molecule has 1 amide bonds. The molecule has 1 unspecified atom stereocenters. The summed E-state index contributed by atoms with van der Waals surface area (Å²) in [7, 11) is 0. The highest BCUT2D eigenvalue weighted by Crippen LogP contribution is 2.23. The molecule has 2 aliphatic rings. The molecule has 0 aliphatic carbocycles. The molecule has 4 heterocycles. The van der Waals surface area contributed by atoms with Crippen LogP contribution in [0.2, 0.25) is 0 Å². The first kappa shape index (κ1) is 21.6. The Morgan fingerprint density at radius 1 is 1.06 bits per heavy atom. The zero-order valence-electron chi connectivity index (χ0n) is 18.7. The molecule has 31 heavy (non-hydrogen) atoms. The number of aromatic nitrogens is 2. The van der Waals surface area contributed by atoms with Crippen molar-refractivity contribution in [3.05, 3.63) is 48.3 Å². The van der Waals surface area contributed by atoms with Crippen LogP contribution in [0.3, 0.4) is 0 Å². The minimum Gasteiger partial charge on any atom is -0.367 e. The summed E-state index contributed by atoms with van der Waals surface area (Å²) < 4.78 is 0. The molecule has 2 saturated heterocycles. The van der Waals surface area contributed by atoms with Gasteiger partial charge in [0.2, 0.25) is 0 Å². The van der Waals surface area contributed by atoms with Gasteiger partial charge in [-0.1, -0.05) is 6.07 Å². The molecule has 0 spiro atoms. The van der Waals surface area contributed by atoms with Gasteiger partial charge >= 0.3 is 0 Å². The van der Waals surface area contributed by atoms with Crippen LogP contribution in [0.5, 0.6) is 0 Å². The predicted molar refractivity (Wildman–Crippen MR) is 125 cm³/mol. The highest BCUT2D eigenvalue weighted by atomic mass is 16.2. The van der Waals surface area contributed by atoms with Crippen molar-refractivity contribution in [2.24, 2.45) is 5.92 Å². The maximum Gasteiger partial charge on any atom is 0.257 e. The molecule has 0 aromatic carbocycles. The van der Waals surface area contributed by atoms with Crippen LogP contribution in [0.25, 0.3) is 0 Å². The number of piperazine rings is 1. The van der Waals surface area contributed by atoms with Gasteiger partial charge in [0, 0.05) is 64.2 Å². The lowest BCUT2D eigenvalue weighted by Crippen LogP contribution is -2.50. The molecule has 7 nitrogen and oxygen atoms in total. The minimum absolute atomic E-state index is 0.0981. The first-order valence-electron chi connectivity index (χ1n) is 11.5. The van der Waals surface area contributed by atoms with Gasteiger partial charge in [0.05, 0.1) is 5.56 Å². The lowest BCUT2D eigenvalue weighted by molar-refractivity contribution is 0.0638. The maximum absolute atomic E-state index is 13.3. The first-order chi connectivity index (χ1) is 15.1. The Labute approximate surface area is 185 Å². The van der Waals surface area contributed by atoms with Crippen LogP contribution in [-0.2, 0) is 0 Å². The largest absolute Gasteiger partial charge is 0.367 e. The van der Waals surface area contributed by atoms with E-state index in [1.807, 2.05) is 35.4 Å². The number of piperidine rings is 1. The van der Waals surface area contributed by atoms with Crippen molar-refractivity contribution < 1.29 is 4.79 Å². The molecule has 0 radical (unpaired) electrons. The topological polar surface area (TPSA) is 64.6 Å². The lowest BCUT2D eigenvalue weighted by Gasteiger charge is -2.39. The summed E-state index contributed by atoms with van der Waals surface area (Å²) in [6.07, 6.45) is 5.86. The molecular weight excluding hydrogens is 388 g/mol. The van der Waals surface area contributed by atoms with E-state index in [9.17, 15) is 4.79 Å². The summed E-state index contributed by atoms with van der Waals surface area (Å²) in [6.45, 7) is 11.0. The van der Waals surface area contributed by atoms with Gasteiger partial charge in [0.1, 0.15) is 11.6 Å². The highest BCUT2D eigenvalue weighted by molar-refractivity contribution is 5.98. The lowest BCUT2D eigenvalue weighted by atomic mass is 9.96. The number of pyridine rings is 2. The molecule has 1 atom stereocenters. The summed E-state index contributed by atoms with van der Waals surface area (Å²) in [4.78, 5) is 29.1. The van der Waals surface area contributed by atoms with Crippen LogP contribution in [0.15, 0.2) is 42.7 Å². The molecule has 2 fully saturated rings. The number of nitrogens with zero attached hydrogens (tertiary/aromatic N) is 5. The number of likely N-dealkylation sites (tertiary alicyclic amines) is 1. The van der Waals surface area contributed by atoms with Crippen LogP contribution in [0, 0.1) is 5.92 Å². The minimum atomic E-state index is 0.0981. The van der Waals surface area contributed by atoms with Crippen LogP contribution >= 0.6 is 0 Å². The van der Waals surface area contributed by atoms with E-state index in [2.05, 4.69) is 45.0 Å². The van der Waals surface area contributed by atoms with E-state index in [1.165, 1.54) is 6.42 Å². The third-order valence-electron chi connectivity index (χ3n) is 6.13.